The predicted octanol–water partition coefficient (Wildman–Crippen LogP) is 6.19. The maximum Gasteiger partial charge on any atom is 0.335 e. The lowest BCUT2D eigenvalue weighted by Gasteiger charge is -2.17. The number of anilines is 1. The maximum absolute atomic E-state index is 12.8. The van der Waals surface area contributed by atoms with Crippen molar-refractivity contribution in [3.63, 3.8) is 0 Å². The van der Waals surface area contributed by atoms with E-state index in [1.54, 1.807) is 0 Å². The number of rotatable bonds is 8. The van der Waals surface area contributed by atoms with Crippen molar-refractivity contribution in [3.8, 4) is 0 Å². The van der Waals surface area contributed by atoms with Crippen LogP contribution in [-0.4, -0.2) is 17.8 Å². The Labute approximate surface area is 176 Å². The van der Waals surface area contributed by atoms with Crippen LogP contribution in [0.2, 0.25) is 0 Å². The fraction of sp³-hybridized carbons (Fsp3) is 0.250. The molecular formula is C24H27N2O3P. The second-order valence-corrected chi connectivity index (χ2v) is 9.36. The minimum absolute atomic E-state index is 0.281. The van der Waals surface area contributed by atoms with Gasteiger partial charge in [-0.15, -0.1) is 0 Å². The molecule has 156 valence electrons. The lowest BCUT2D eigenvalue weighted by Crippen LogP contribution is -2.01. The summed E-state index contributed by atoms with van der Waals surface area (Å²) in [6.45, 7) is 5.13. The third-order valence-electron chi connectivity index (χ3n) is 5.19. The number of aromatic nitrogens is 1. The molecule has 4 aromatic rings. The number of fused-ring (bicyclic) bond motifs is 3. The average Bonchev–Trinajstić information content (AvgIpc) is 3.03. The first-order chi connectivity index (χ1) is 14.5. The number of nitrogen functional groups attached to an aromatic ring is 1. The minimum Gasteiger partial charge on any atom is -0.399 e. The highest BCUT2D eigenvalue weighted by Crippen LogP contribution is 2.51. The highest BCUT2D eigenvalue weighted by Gasteiger charge is 2.23. The third-order valence-corrected chi connectivity index (χ3v) is 7.24. The molecule has 3 aromatic carbocycles. The summed E-state index contributed by atoms with van der Waals surface area (Å²) in [4.78, 5) is 0. The van der Waals surface area contributed by atoms with Gasteiger partial charge in [-0.2, -0.15) is 0 Å². The summed E-state index contributed by atoms with van der Waals surface area (Å²) in [7, 11) is -3.10. The van der Waals surface area contributed by atoms with Crippen LogP contribution in [0.15, 0.2) is 66.7 Å². The molecule has 5 nitrogen and oxygen atoms in total. The molecule has 0 atom stereocenters. The number of para-hydroxylation sites is 1. The summed E-state index contributed by atoms with van der Waals surface area (Å²) in [6, 6.07) is 22.6. The number of benzene rings is 3. The zero-order valence-corrected chi connectivity index (χ0v) is 18.3. The summed E-state index contributed by atoms with van der Waals surface area (Å²) < 4.78 is 25.9. The average molecular weight is 422 g/mol. The van der Waals surface area contributed by atoms with Gasteiger partial charge in [0.15, 0.2) is 0 Å². The zero-order chi connectivity index (χ0) is 21.1. The summed E-state index contributed by atoms with van der Waals surface area (Å²) in [6.07, 6.45) is 0.281. The van der Waals surface area contributed by atoms with E-state index in [2.05, 4.69) is 47.0 Å². The van der Waals surface area contributed by atoms with Gasteiger partial charge in [-0.1, -0.05) is 42.5 Å². The Morgan fingerprint density at radius 1 is 0.833 bits per heavy atom. The van der Waals surface area contributed by atoms with Crippen LogP contribution in [-0.2, 0) is 26.3 Å². The molecule has 0 spiro atoms. The fourth-order valence-electron chi connectivity index (χ4n) is 3.92. The normalized spacial score (nSPS) is 12.1. The van der Waals surface area contributed by atoms with Gasteiger partial charge in [-0.3, -0.25) is 4.57 Å². The van der Waals surface area contributed by atoms with Crippen LogP contribution in [0.5, 0.6) is 0 Å². The molecule has 2 N–H and O–H groups in total. The third kappa shape index (κ3) is 4.15. The molecule has 0 unspecified atom stereocenters. The molecule has 4 rings (SSSR count). The van der Waals surface area contributed by atoms with Crippen molar-refractivity contribution in [1.29, 1.82) is 0 Å². The Morgan fingerprint density at radius 3 is 2.17 bits per heavy atom. The summed E-state index contributed by atoms with van der Waals surface area (Å²) in [5.74, 6) is 0. The van der Waals surface area contributed by atoms with Crippen LogP contribution in [0.1, 0.15) is 25.0 Å². The topological polar surface area (TPSA) is 66.5 Å². The van der Waals surface area contributed by atoms with Crippen LogP contribution in [0, 0.1) is 0 Å². The SMILES string of the molecule is CCOP(=O)(Cc1ccc(Cn2c3ccccc3c3cc(N)ccc32)cc1)OCC. The van der Waals surface area contributed by atoms with Crippen molar-refractivity contribution in [1.82, 2.24) is 4.57 Å². The maximum atomic E-state index is 12.8. The van der Waals surface area contributed by atoms with Crippen molar-refractivity contribution in [3.05, 3.63) is 77.9 Å². The Hall–Kier alpha value is -2.59. The Kier molecular flexibility index (Phi) is 5.96. The largest absolute Gasteiger partial charge is 0.399 e. The Bertz CT molecular complexity index is 1200. The fourth-order valence-corrected chi connectivity index (χ4v) is 5.62. The van der Waals surface area contributed by atoms with E-state index in [0.717, 1.165) is 28.7 Å². The second kappa shape index (κ2) is 8.65. The smallest absolute Gasteiger partial charge is 0.335 e. The van der Waals surface area contributed by atoms with Crippen LogP contribution in [0.4, 0.5) is 5.69 Å². The standard InChI is InChI=1S/C24H27N2O3P/c1-3-28-30(27,29-4-2)17-19-11-9-18(10-12-19)16-26-23-8-6-5-7-21(23)22-15-20(25)13-14-24(22)26/h5-15H,3-4,16-17,25H2,1-2H3. The van der Waals surface area contributed by atoms with Crippen molar-refractivity contribution >= 4 is 35.1 Å². The van der Waals surface area contributed by atoms with Gasteiger partial charge in [0, 0.05) is 34.0 Å². The molecule has 0 aliphatic rings. The molecule has 6 heteroatoms. The van der Waals surface area contributed by atoms with E-state index in [0.29, 0.717) is 13.2 Å². The van der Waals surface area contributed by atoms with Crippen molar-refractivity contribution in [2.45, 2.75) is 26.6 Å². The lowest BCUT2D eigenvalue weighted by molar-refractivity contribution is 0.219. The molecule has 0 bridgehead atoms. The highest BCUT2D eigenvalue weighted by molar-refractivity contribution is 7.53. The molecule has 0 aliphatic heterocycles. The van der Waals surface area contributed by atoms with E-state index in [1.807, 2.05) is 38.1 Å². The molecule has 1 heterocycles. The van der Waals surface area contributed by atoms with Gasteiger partial charge in [0.25, 0.3) is 0 Å². The summed E-state index contributed by atoms with van der Waals surface area (Å²) in [5.41, 5.74) is 11.3. The molecule has 0 saturated heterocycles. The van der Waals surface area contributed by atoms with Gasteiger partial charge < -0.3 is 19.3 Å². The molecule has 0 radical (unpaired) electrons. The first-order valence-electron chi connectivity index (χ1n) is 10.3. The van der Waals surface area contributed by atoms with E-state index < -0.39 is 7.60 Å². The lowest BCUT2D eigenvalue weighted by atomic mass is 10.1. The van der Waals surface area contributed by atoms with Gasteiger partial charge >= 0.3 is 7.60 Å². The number of hydrogen-bond donors (Lipinski definition) is 1. The van der Waals surface area contributed by atoms with Gasteiger partial charge in [0.1, 0.15) is 0 Å². The molecule has 0 amide bonds. The minimum atomic E-state index is -3.10. The van der Waals surface area contributed by atoms with Crippen LogP contribution >= 0.6 is 7.60 Å². The highest BCUT2D eigenvalue weighted by atomic mass is 31.2. The van der Waals surface area contributed by atoms with Crippen molar-refractivity contribution < 1.29 is 13.6 Å². The van der Waals surface area contributed by atoms with Gasteiger partial charge in [0.2, 0.25) is 0 Å². The number of hydrogen-bond acceptors (Lipinski definition) is 4. The predicted molar refractivity (Wildman–Crippen MR) is 124 cm³/mol. The van der Waals surface area contributed by atoms with E-state index >= 15 is 0 Å². The Morgan fingerprint density at radius 2 is 1.47 bits per heavy atom. The summed E-state index contributed by atoms with van der Waals surface area (Å²) in [5, 5.41) is 2.36. The van der Waals surface area contributed by atoms with E-state index in [1.165, 1.54) is 16.5 Å². The molecule has 1 aromatic heterocycles. The van der Waals surface area contributed by atoms with Crippen molar-refractivity contribution in [2.24, 2.45) is 0 Å². The van der Waals surface area contributed by atoms with Gasteiger partial charge in [-0.05, 0) is 49.2 Å². The van der Waals surface area contributed by atoms with E-state index in [4.69, 9.17) is 14.8 Å². The number of nitrogens with two attached hydrogens (primary N) is 1. The Balaban J connectivity index is 1.64. The molecule has 0 fully saturated rings. The second-order valence-electron chi connectivity index (χ2n) is 7.30. The molecular weight excluding hydrogens is 395 g/mol. The first-order valence-corrected chi connectivity index (χ1v) is 12.0. The van der Waals surface area contributed by atoms with Gasteiger partial charge in [-0.25, -0.2) is 0 Å². The zero-order valence-electron chi connectivity index (χ0n) is 17.4. The molecule has 0 saturated carbocycles. The monoisotopic (exact) mass is 422 g/mol. The first kappa shape index (κ1) is 20.7. The molecule has 30 heavy (non-hydrogen) atoms. The van der Waals surface area contributed by atoms with Crippen LogP contribution in [0.25, 0.3) is 21.8 Å². The molecule has 0 aliphatic carbocycles. The van der Waals surface area contributed by atoms with Gasteiger partial charge in [0.05, 0.1) is 19.4 Å². The summed E-state index contributed by atoms with van der Waals surface area (Å²) >= 11 is 0. The van der Waals surface area contributed by atoms with Crippen molar-refractivity contribution in [2.75, 3.05) is 18.9 Å². The van der Waals surface area contributed by atoms with Crippen LogP contribution in [0.3, 0.4) is 0 Å². The van der Waals surface area contributed by atoms with E-state index in [-0.39, 0.29) is 6.16 Å². The quantitative estimate of drug-likeness (QED) is 0.272. The van der Waals surface area contributed by atoms with E-state index in [9.17, 15) is 4.57 Å². The number of nitrogens with zero attached hydrogens (tertiary/aromatic N) is 1. The van der Waals surface area contributed by atoms with Crippen LogP contribution < -0.4 is 5.73 Å².